The smallest absolute Gasteiger partial charge is 0.416 e. The number of aromatic nitrogens is 3. The Morgan fingerprint density at radius 1 is 1.07 bits per heavy atom. The highest BCUT2D eigenvalue weighted by atomic mass is 32.1. The summed E-state index contributed by atoms with van der Waals surface area (Å²) in [6.07, 6.45) is 1.49. The molecule has 0 unspecified atom stereocenters. The third-order valence-corrected chi connectivity index (χ3v) is 8.44. The maximum absolute atomic E-state index is 13.7. The number of amides is 2. The zero-order valence-corrected chi connectivity index (χ0v) is 24.1. The zero-order chi connectivity index (χ0) is 30.1. The number of thiazole rings is 1. The Morgan fingerprint density at radius 3 is 2.67 bits per heavy atom. The number of carbonyl (C=O) groups is 2. The molecule has 1 aliphatic heterocycles. The fraction of sp³-hybridized carbons (Fsp3) is 0.367. The lowest BCUT2D eigenvalue weighted by atomic mass is 10.00. The van der Waals surface area contributed by atoms with Gasteiger partial charge >= 0.3 is 6.18 Å². The summed E-state index contributed by atoms with van der Waals surface area (Å²) in [5, 5.41) is 5.88. The van der Waals surface area contributed by atoms with Gasteiger partial charge in [-0.25, -0.2) is 15.0 Å². The van der Waals surface area contributed by atoms with Crippen LogP contribution in [-0.2, 0) is 15.8 Å². The van der Waals surface area contributed by atoms with E-state index in [1.807, 2.05) is 6.07 Å². The number of benzene rings is 2. The summed E-state index contributed by atoms with van der Waals surface area (Å²) in [6, 6.07) is 9.62. The van der Waals surface area contributed by atoms with E-state index in [0.717, 1.165) is 55.6 Å². The highest BCUT2D eigenvalue weighted by molar-refractivity contribution is 7.22. The van der Waals surface area contributed by atoms with Crippen molar-refractivity contribution >= 4 is 44.2 Å². The maximum Gasteiger partial charge on any atom is 0.416 e. The second-order valence-corrected chi connectivity index (χ2v) is 11.9. The molecule has 2 amide bonds. The molecule has 0 bridgehead atoms. The van der Waals surface area contributed by atoms with Gasteiger partial charge in [0, 0.05) is 25.1 Å². The Balaban J connectivity index is 1.30. The molecule has 13 heteroatoms. The number of nitrogens with zero attached hydrogens (tertiary/aromatic N) is 4. The molecule has 1 saturated carbocycles. The number of alkyl halides is 3. The average molecular weight is 611 g/mol. The number of rotatable bonds is 8. The molecule has 4 aromatic rings. The lowest BCUT2D eigenvalue weighted by molar-refractivity contribution is -0.137. The molecule has 6 rings (SSSR count). The number of hydrogen-bond donors (Lipinski definition) is 2. The van der Waals surface area contributed by atoms with Crippen molar-refractivity contribution in [3.8, 4) is 22.9 Å². The van der Waals surface area contributed by atoms with E-state index in [1.54, 1.807) is 12.1 Å². The molecular formula is C30H29F3N6O3S. The van der Waals surface area contributed by atoms with Crippen molar-refractivity contribution in [3.63, 3.8) is 0 Å². The van der Waals surface area contributed by atoms with E-state index in [4.69, 9.17) is 4.74 Å². The molecule has 2 aromatic heterocycles. The van der Waals surface area contributed by atoms with Crippen LogP contribution in [0.2, 0.25) is 0 Å². The first-order valence-electron chi connectivity index (χ1n) is 14.1. The van der Waals surface area contributed by atoms with Gasteiger partial charge in [0.15, 0.2) is 10.9 Å². The molecule has 3 heterocycles. The minimum Gasteiger partial charge on any atom is -0.437 e. The summed E-state index contributed by atoms with van der Waals surface area (Å²) >= 11 is 1.29. The van der Waals surface area contributed by atoms with Crippen LogP contribution in [0, 0.1) is 5.92 Å². The summed E-state index contributed by atoms with van der Waals surface area (Å²) in [5.41, 5.74) is 0.237. The molecule has 0 radical (unpaired) electrons. The van der Waals surface area contributed by atoms with Crippen LogP contribution in [0.1, 0.15) is 44.6 Å². The number of likely N-dealkylation sites (tertiary alicyclic amines) is 1. The number of carbonyl (C=O) groups excluding carboxylic acids is 2. The van der Waals surface area contributed by atoms with Gasteiger partial charge in [0.2, 0.25) is 17.7 Å². The first-order chi connectivity index (χ1) is 20.6. The number of anilines is 2. The summed E-state index contributed by atoms with van der Waals surface area (Å²) in [7, 11) is 0. The van der Waals surface area contributed by atoms with E-state index in [-0.39, 0.29) is 29.1 Å². The molecule has 1 aliphatic carbocycles. The summed E-state index contributed by atoms with van der Waals surface area (Å²) in [6.45, 7) is 3.02. The standard InChI is InChI=1S/C30H29F3N6O3S/c1-17(40)36-29-38-27-24(6-4-7-25(27)43-29)42-26-14-21(34-16-35-26)20-11-10-19(30(31,32)33)13-22(20)37-28(41)23-5-2-3-12-39(23)15-18-8-9-18/h4,6-7,10-11,13-14,16,18,23H,2-3,5,8-9,12,15H2,1H3,(H,37,41)(H,36,38,40)/t23-/m0/s1. The number of piperidine rings is 1. The number of nitrogens with one attached hydrogen (secondary N) is 2. The predicted octanol–water partition coefficient (Wildman–Crippen LogP) is 6.73. The number of fused-ring (bicyclic) bond motifs is 1. The Kier molecular flexibility index (Phi) is 8.01. The lowest BCUT2D eigenvalue weighted by Crippen LogP contribution is -2.47. The van der Waals surface area contributed by atoms with Gasteiger partial charge in [-0.15, -0.1) is 0 Å². The van der Waals surface area contributed by atoms with E-state index in [9.17, 15) is 22.8 Å². The van der Waals surface area contributed by atoms with Crippen LogP contribution >= 0.6 is 11.3 Å². The lowest BCUT2D eigenvalue weighted by Gasteiger charge is -2.34. The summed E-state index contributed by atoms with van der Waals surface area (Å²) < 4.78 is 48.0. The predicted molar refractivity (Wildman–Crippen MR) is 157 cm³/mol. The molecule has 2 N–H and O–H groups in total. The van der Waals surface area contributed by atoms with Gasteiger partial charge in [-0.1, -0.05) is 29.9 Å². The van der Waals surface area contributed by atoms with Crippen molar-refractivity contribution in [2.45, 2.75) is 51.2 Å². The minimum atomic E-state index is -4.59. The summed E-state index contributed by atoms with van der Waals surface area (Å²) in [5.74, 6) is 0.525. The minimum absolute atomic E-state index is 0.0166. The molecule has 224 valence electrons. The van der Waals surface area contributed by atoms with E-state index >= 15 is 0 Å². The van der Waals surface area contributed by atoms with Gasteiger partial charge in [-0.2, -0.15) is 13.2 Å². The Bertz CT molecular complexity index is 1670. The SMILES string of the molecule is CC(=O)Nc1nc2c(Oc3cc(-c4ccc(C(F)(F)F)cc4NC(=O)[C@@H]4CCCCN4CC4CC4)ncn3)cccc2s1. The molecule has 2 fully saturated rings. The number of hydrogen-bond acceptors (Lipinski definition) is 8. The van der Waals surface area contributed by atoms with Gasteiger partial charge in [0.25, 0.3) is 0 Å². The number of ether oxygens (including phenoxy) is 1. The van der Waals surface area contributed by atoms with Gasteiger partial charge in [0.1, 0.15) is 11.8 Å². The van der Waals surface area contributed by atoms with Crippen LogP contribution < -0.4 is 15.4 Å². The largest absolute Gasteiger partial charge is 0.437 e. The fourth-order valence-corrected chi connectivity index (χ4v) is 6.20. The zero-order valence-electron chi connectivity index (χ0n) is 23.3. The number of halogens is 3. The van der Waals surface area contributed by atoms with Crippen molar-refractivity contribution in [2.75, 3.05) is 23.7 Å². The quantitative estimate of drug-likeness (QED) is 0.228. The monoisotopic (exact) mass is 610 g/mol. The maximum atomic E-state index is 13.7. The van der Waals surface area contributed by atoms with Crippen LogP contribution in [0.5, 0.6) is 11.6 Å². The molecule has 2 aliphatic rings. The highest BCUT2D eigenvalue weighted by Crippen LogP contribution is 2.38. The number of para-hydroxylation sites is 1. The second kappa shape index (κ2) is 11.9. The van der Waals surface area contributed by atoms with Gasteiger partial charge in [0.05, 0.1) is 27.7 Å². The van der Waals surface area contributed by atoms with Crippen LogP contribution in [0.15, 0.2) is 48.8 Å². The van der Waals surface area contributed by atoms with Crippen LogP contribution in [0.4, 0.5) is 24.0 Å². The first kappa shape index (κ1) is 29.0. The fourth-order valence-electron chi connectivity index (χ4n) is 5.27. The van der Waals surface area contributed by atoms with Crippen molar-refractivity contribution in [1.29, 1.82) is 0 Å². The van der Waals surface area contributed by atoms with Crippen LogP contribution in [0.3, 0.4) is 0 Å². The van der Waals surface area contributed by atoms with E-state index in [0.29, 0.717) is 34.3 Å². The Hall–Kier alpha value is -4.10. The molecular weight excluding hydrogens is 581 g/mol. The van der Waals surface area contributed by atoms with Crippen molar-refractivity contribution in [3.05, 3.63) is 54.4 Å². The summed E-state index contributed by atoms with van der Waals surface area (Å²) in [4.78, 5) is 40.1. The third kappa shape index (κ3) is 6.78. The van der Waals surface area contributed by atoms with E-state index < -0.39 is 17.8 Å². The van der Waals surface area contributed by atoms with Crippen molar-refractivity contribution in [2.24, 2.45) is 5.92 Å². The molecule has 1 saturated heterocycles. The van der Waals surface area contributed by atoms with Gasteiger partial charge < -0.3 is 15.4 Å². The van der Waals surface area contributed by atoms with E-state index in [2.05, 4.69) is 30.5 Å². The highest BCUT2D eigenvalue weighted by Gasteiger charge is 2.35. The molecule has 2 aromatic carbocycles. The normalized spacial score (nSPS) is 17.5. The molecule has 0 spiro atoms. The van der Waals surface area contributed by atoms with Crippen molar-refractivity contribution in [1.82, 2.24) is 19.9 Å². The Morgan fingerprint density at radius 2 is 1.91 bits per heavy atom. The third-order valence-electron chi connectivity index (χ3n) is 7.51. The Labute approximate surface area is 249 Å². The van der Waals surface area contributed by atoms with Crippen molar-refractivity contribution < 1.29 is 27.5 Å². The average Bonchev–Trinajstić information content (AvgIpc) is 3.69. The second-order valence-electron chi connectivity index (χ2n) is 10.8. The van der Waals surface area contributed by atoms with Gasteiger partial charge in [-0.3, -0.25) is 14.5 Å². The molecule has 9 nitrogen and oxygen atoms in total. The first-order valence-corrected chi connectivity index (χ1v) is 14.9. The molecule has 43 heavy (non-hydrogen) atoms. The van der Waals surface area contributed by atoms with E-state index in [1.165, 1.54) is 36.7 Å². The topological polar surface area (TPSA) is 109 Å². The van der Waals surface area contributed by atoms with Gasteiger partial charge in [-0.05, 0) is 62.4 Å². The van der Waals surface area contributed by atoms with Crippen LogP contribution in [0.25, 0.3) is 21.5 Å². The molecule has 1 atom stereocenters. The van der Waals surface area contributed by atoms with Crippen LogP contribution in [-0.4, -0.2) is 50.8 Å².